The molecule has 29 heavy (non-hydrogen) atoms. The Morgan fingerprint density at radius 3 is 2.62 bits per heavy atom. The summed E-state index contributed by atoms with van der Waals surface area (Å²) in [6.07, 6.45) is 0.153. The molecule has 0 atom stereocenters. The predicted octanol–water partition coefficient (Wildman–Crippen LogP) is 2.56. The number of halogens is 4. The Labute approximate surface area is 162 Å². The first-order valence-electron chi connectivity index (χ1n) is 8.83. The summed E-state index contributed by atoms with van der Waals surface area (Å²) < 4.78 is 56.2. The van der Waals surface area contributed by atoms with Crippen LogP contribution in [0.2, 0.25) is 0 Å². The minimum absolute atomic E-state index is 0.0136. The molecule has 1 aromatic carbocycles. The quantitative estimate of drug-likeness (QED) is 0.624. The van der Waals surface area contributed by atoms with Crippen molar-refractivity contribution in [1.82, 2.24) is 19.0 Å². The lowest BCUT2D eigenvalue weighted by molar-refractivity contribution is -0.138. The number of fused-ring (bicyclic) bond motifs is 1. The van der Waals surface area contributed by atoms with Gasteiger partial charge in [-0.05, 0) is 25.1 Å². The highest BCUT2D eigenvalue weighted by Gasteiger charge is 2.31. The van der Waals surface area contributed by atoms with E-state index in [1.54, 1.807) is 0 Å². The lowest BCUT2D eigenvalue weighted by Crippen LogP contribution is -2.52. The van der Waals surface area contributed by atoms with E-state index in [1.165, 1.54) is 30.2 Å². The van der Waals surface area contributed by atoms with Crippen LogP contribution in [-0.4, -0.2) is 44.2 Å². The van der Waals surface area contributed by atoms with Crippen LogP contribution < -0.4 is 5.69 Å². The van der Waals surface area contributed by atoms with Crippen molar-refractivity contribution in [2.45, 2.75) is 26.4 Å². The molecule has 1 aliphatic rings. The summed E-state index contributed by atoms with van der Waals surface area (Å²) in [5.41, 5.74) is -0.566. The summed E-state index contributed by atoms with van der Waals surface area (Å²) in [6.45, 7) is -0.411. The first-order valence-corrected chi connectivity index (χ1v) is 8.83. The molecule has 3 heterocycles. The molecule has 0 spiro atoms. The number of hydrogen-bond acceptors (Lipinski definition) is 3. The zero-order chi connectivity index (χ0) is 20.9. The molecule has 10 heteroatoms. The Bertz CT molecular complexity index is 1180. The number of carbonyl (C=O) groups is 1. The van der Waals surface area contributed by atoms with Crippen molar-refractivity contribution >= 4 is 17.1 Å². The zero-order valence-corrected chi connectivity index (χ0v) is 15.3. The van der Waals surface area contributed by atoms with Gasteiger partial charge < -0.3 is 4.90 Å². The number of nitrogens with zero attached hydrogens (tertiary/aromatic N) is 4. The van der Waals surface area contributed by atoms with Gasteiger partial charge in [-0.1, -0.05) is 0 Å². The van der Waals surface area contributed by atoms with E-state index in [2.05, 4.69) is 4.98 Å². The summed E-state index contributed by atoms with van der Waals surface area (Å²) in [7, 11) is 0. The Morgan fingerprint density at radius 2 is 1.97 bits per heavy atom. The van der Waals surface area contributed by atoms with Gasteiger partial charge in [-0.15, -0.1) is 0 Å². The standard InChI is InChI=1S/C19H16F4N4O2/c1-10-14(22)3-2-13(17(10)23)11-4-15-18(24-5-11)27(9-20)19(29)26(15)8-16(28)25-6-12(21)7-25/h2-5,12H,6-9H2,1H3. The van der Waals surface area contributed by atoms with Crippen molar-refractivity contribution in [1.29, 1.82) is 0 Å². The molecule has 0 bridgehead atoms. The molecule has 3 aromatic rings. The molecule has 0 saturated carbocycles. The number of alkyl halides is 2. The third-order valence-corrected chi connectivity index (χ3v) is 5.09. The minimum atomic E-state index is -1.16. The number of carbonyl (C=O) groups excluding carboxylic acids is 1. The minimum Gasteiger partial charge on any atom is -0.335 e. The topological polar surface area (TPSA) is 60.1 Å². The van der Waals surface area contributed by atoms with Crippen molar-refractivity contribution < 1.29 is 22.4 Å². The van der Waals surface area contributed by atoms with Crippen LogP contribution in [-0.2, 0) is 18.1 Å². The van der Waals surface area contributed by atoms with Gasteiger partial charge in [0.05, 0.1) is 18.6 Å². The lowest BCUT2D eigenvalue weighted by Gasteiger charge is -2.34. The fourth-order valence-corrected chi connectivity index (χ4v) is 3.35. The van der Waals surface area contributed by atoms with Crippen LogP contribution in [0.25, 0.3) is 22.3 Å². The highest BCUT2D eigenvalue weighted by Crippen LogP contribution is 2.28. The van der Waals surface area contributed by atoms with Crippen LogP contribution in [0.5, 0.6) is 0 Å². The van der Waals surface area contributed by atoms with Gasteiger partial charge >= 0.3 is 5.69 Å². The monoisotopic (exact) mass is 408 g/mol. The van der Waals surface area contributed by atoms with E-state index in [9.17, 15) is 27.2 Å². The number of benzene rings is 1. The molecule has 6 nitrogen and oxygen atoms in total. The normalized spacial score (nSPS) is 14.4. The van der Waals surface area contributed by atoms with E-state index in [-0.39, 0.29) is 40.9 Å². The van der Waals surface area contributed by atoms with Gasteiger partial charge in [0.2, 0.25) is 5.91 Å². The SMILES string of the molecule is Cc1c(F)ccc(-c2cnc3c(c2)n(CC(=O)N2CC(F)C2)c(=O)n3CF)c1F. The molecule has 1 aliphatic heterocycles. The maximum Gasteiger partial charge on any atom is 0.332 e. The van der Waals surface area contributed by atoms with E-state index in [0.29, 0.717) is 0 Å². The van der Waals surface area contributed by atoms with Crippen LogP contribution >= 0.6 is 0 Å². The molecule has 0 unspecified atom stereocenters. The second-order valence-corrected chi connectivity index (χ2v) is 6.91. The Kier molecular flexibility index (Phi) is 4.64. The number of pyridine rings is 1. The molecule has 1 fully saturated rings. The van der Waals surface area contributed by atoms with Gasteiger partial charge in [0, 0.05) is 22.9 Å². The highest BCUT2D eigenvalue weighted by molar-refractivity contribution is 5.82. The van der Waals surface area contributed by atoms with Crippen molar-refractivity contribution in [3.05, 3.63) is 52.1 Å². The molecule has 152 valence electrons. The number of aromatic nitrogens is 3. The van der Waals surface area contributed by atoms with Crippen LogP contribution in [0.1, 0.15) is 5.56 Å². The number of imidazole rings is 1. The molecule has 2 aromatic heterocycles. The summed E-state index contributed by atoms with van der Waals surface area (Å²) in [5.74, 6) is -1.98. The molecule has 4 rings (SSSR count). The number of amides is 1. The molecule has 1 saturated heterocycles. The van der Waals surface area contributed by atoms with E-state index in [4.69, 9.17) is 0 Å². The van der Waals surface area contributed by atoms with Gasteiger partial charge in [-0.2, -0.15) is 0 Å². The third kappa shape index (κ3) is 3.08. The average Bonchev–Trinajstić information content (AvgIpc) is 2.94. The fraction of sp³-hybridized carbons (Fsp3) is 0.316. The van der Waals surface area contributed by atoms with Gasteiger partial charge in [-0.3, -0.25) is 9.36 Å². The first-order chi connectivity index (χ1) is 13.8. The molecule has 0 radical (unpaired) electrons. The fourth-order valence-electron chi connectivity index (χ4n) is 3.35. The third-order valence-electron chi connectivity index (χ3n) is 5.09. The van der Waals surface area contributed by atoms with Gasteiger partial charge in [-0.25, -0.2) is 31.9 Å². The molecule has 0 aliphatic carbocycles. The van der Waals surface area contributed by atoms with Crippen LogP contribution in [0, 0.1) is 18.6 Å². The summed E-state index contributed by atoms with van der Waals surface area (Å²) in [6, 6.07) is 3.74. The van der Waals surface area contributed by atoms with Crippen molar-refractivity contribution in [3.8, 4) is 11.1 Å². The highest BCUT2D eigenvalue weighted by atomic mass is 19.1. The maximum atomic E-state index is 14.5. The van der Waals surface area contributed by atoms with Gasteiger partial charge in [0.25, 0.3) is 0 Å². The number of likely N-dealkylation sites (tertiary alicyclic amines) is 1. The molecule has 1 amide bonds. The summed E-state index contributed by atoms with van der Waals surface area (Å²) in [4.78, 5) is 30.1. The summed E-state index contributed by atoms with van der Waals surface area (Å²) in [5, 5.41) is 0. The largest absolute Gasteiger partial charge is 0.335 e. The maximum absolute atomic E-state index is 14.5. The zero-order valence-electron chi connectivity index (χ0n) is 15.3. The lowest BCUT2D eigenvalue weighted by atomic mass is 10.0. The van der Waals surface area contributed by atoms with E-state index in [0.717, 1.165) is 15.2 Å². The number of rotatable bonds is 4. The van der Waals surface area contributed by atoms with Crippen LogP contribution in [0.4, 0.5) is 17.6 Å². The van der Waals surface area contributed by atoms with Crippen LogP contribution in [0.3, 0.4) is 0 Å². The van der Waals surface area contributed by atoms with E-state index >= 15 is 0 Å². The van der Waals surface area contributed by atoms with E-state index < -0.39 is 42.7 Å². The van der Waals surface area contributed by atoms with Crippen molar-refractivity contribution in [2.24, 2.45) is 0 Å². The first kappa shape index (κ1) is 19.2. The molecular weight excluding hydrogens is 392 g/mol. The predicted molar refractivity (Wildman–Crippen MR) is 96.7 cm³/mol. The van der Waals surface area contributed by atoms with Crippen LogP contribution in [0.15, 0.2) is 29.2 Å². The molecular formula is C19H16F4N4O2. The Balaban J connectivity index is 1.82. The average molecular weight is 408 g/mol. The van der Waals surface area contributed by atoms with Crippen molar-refractivity contribution in [2.75, 3.05) is 13.1 Å². The second-order valence-electron chi connectivity index (χ2n) is 6.91. The smallest absolute Gasteiger partial charge is 0.332 e. The van der Waals surface area contributed by atoms with E-state index in [1.807, 2.05) is 0 Å². The second kappa shape index (κ2) is 7.02. The van der Waals surface area contributed by atoms with Gasteiger partial charge in [0.1, 0.15) is 24.4 Å². The summed E-state index contributed by atoms with van der Waals surface area (Å²) >= 11 is 0. The Morgan fingerprint density at radius 1 is 1.24 bits per heavy atom. The van der Waals surface area contributed by atoms with Crippen molar-refractivity contribution in [3.63, 3.8) is 0 Å². The molecule has 0 N–H and O–H groups in total. The Hall–Kier alpha value is -3.17. The number of hydrogen-bond donors (Lipinski definition) is 0. The van der Waals surface area contributed by atoms with Gasteiger partial charge in [0.15, 0.2) is 12.4 Å².